The van der Waals surface area contributed by atoms with Gasteiger partial charge in [-0.1, -0.05) is 17.7 Å². The van der Waals surface area contributed by atoms with E-state index in [1.807, 2.05) is 0 Å². The molecular formula is C18H10BClF8N2O4. The van der Waals surface area contributed by atoms with Crippen molar-refractivity contribution >= 4 is 24.2 Å². The summed E-state index contributed by atoms with van der Waals surface area (Å²) in [7, 11) is -1.94. The van der Waals surface area contributed by atoms with Crippen molar-refractivity contribution < 1.29 is 54.6 Å². The van der Waals surface area contributed by atoms with Crippen LogP contribution in [0.15, 0.2) is 48.8 Å². The largest absolute Gasteiger partial charge is 0.573 e. The van der Waals surface area contributed by atoms with E-state index in [1.54, 1.807) is 0 Å². The Hall–Kier alpha value is -3.17. The van der Waals surface area contributed by atoms with Crippen LogP contribution in [0.4, 0.5) is 35.1 Å². The fraction of sp³-hybridized carbons (Fsp3) is 0.111. The first-order valence-corrected chi connectivity index (χ1v) is 8.97. The third-order valence-electron chi connectivity index (χ3n) is 3.57. The van der Waals surface area contributed by atoms with Crippen LogP contribution >= 0.6 is 11.6 Å². The molecule has 0 radical (unpaired) electrons. The number of nitrogens with zero attached hydrogens (tertiary/aromatic N) is 2. The van der Waals surface area contributed by atoms with Gasteiger partial charge in [0, 0.05) is 11.6 Å². The maximum absolute atomic E-state index is 13.5. The van der Waals surface area contributed by atoms with Crippen molar-refractivity contribution in [2.45, 2.75) is 12.7 Å². The van der Waals surface area contributed by atoms with Gasteiger partial charge in [-0.15, -0.1) is 26.3 Å². The van der Waals surface area contributed by atoms with E-state index in [0.717, 1.165) is 24.5 Å². The summed E-state index contributed by atoms with van der Waals surface area (Å²) >= 11 is 5.63. The normalized spacial score (nSPS) is 11.4. The SMILES string of the molecule is Fc1cc(-c2cc(Cl)ncn2)ccc1OC(F)(F)F.OB(O)c1ccc(OC(F)(F)F)c(F)c1. The van der Waals surface area contributed by atoms with Gasteiger partial charge in [-0.25, -0.2) is 18.7 Å². The van der Waals surface area contributed by atoms with Crippen molar-refractivity contribution in [3.8, 4) is 22.8 Å². The van der Waals surface area contributed by atoms with Crippen molar-refractivity contribution in [1.82, 2.24) is 9.97 Å². The lowest BCUT2D eigenvalue weighted by atomic mass is 9.80. The van der Waals surface area contributed by atoms with Crippen molar-refractivity contribution in [3.63, 3.8) is 0 Å². The molecule has 6 nitrogen and oxygen atoms in total. The van der Waals surface area contributed by atoms with E-state index in [1.165, 1.54) is 12.1 Å². The minimum absolute atomic E-state index is 0.140. The molecule has 0 aliphatic rings. The molecule has 1 heterocycles. The summed E-state index contributed by atoms with van der Waals surface area (Å²) in [4.78, 5) is 7.47. The highest BCUT2D eigenvalue weighted by atomic mass is 35.5. The fourth-order valence-electron chi connectivity index (χ4n) is 2.24. The first kappa shape index (κ1) is 27.1. The molecule has 3 rings (SSSR count). The highest BCUT2D eigenvalue weighted by Crippen LogP contribution is 2.29. The number of ether oxygens (including phenoxy) is 2. The van der Waals surface area contributed by atoms with Crippen LogP contribution in [-0.2, 0) is 0 Å². The molecule has 0 saturated heterocycles. The van der Waals surface area contributed by atoms with Crippen LogP contribution in [0.25, 0.3) is 11.3 Å². The van der Waals surface area contributed by atoms with Gasteiger partial charge in [-0.05, 0) is 35.8 Å². The standard InChI is InChI=1S/C11H5ClF4N2O.C7H5BF4O3/c12-10-4-8(17-5-18-10)6-1-2-9(7(13)3-6)19-11(14,15)16;9-5-3-4(8(13)14)1-2-6(5)15-7(10,11)12/h1-5H;1-3,13-14H. The molecule has 0 saturated carbocycles. The highest BCUT2D eigenvalue weighted by Gasteiger charge is 2.33. The average Bonchev–Trinajstić information content (AvgIpc) is 2.69. The predicted octanol–water partition coefficient (Wildman–Crippen LogP) is 4.24. The molecule has 0 atom stereocenters. The first-order chi connectivity index (χ1) is 15.6. The van der Waals surface area contributed by atoms with Gasteiger partial charge in [0.1, 0.15) is 11.5 Å². The Morgan fingerprint density at radius 3 is 1.74 bits per heavy atom. The fourth-order valence-corrected chi connectivity index (χ4v) is 2.39. The van der Waals surface area contributed by atoms with Crippen LogP contribution in [0.3, 0.4) is 0 Å². The van der Waals surface area contributed by atoms with Gasteiger partial charge in [0.2, 0.25) is 0 Å². The third kappa shape index (κ3) is 8.65. The minimum atomic E-state index is -4.99. The molecule has 3 aromatic rings. The molecule has 0 aliphatic carbocycles. The lowest BCUT2D eigenvalue weighted by Gasteiger charge is -2.10. The number of benzene rings is 2. The Kier molecular flexibility index (Phi) is 8.64. The smallest absolute Gasteiger partial charge is 0.423 e. The van der Waals surface area contributed by atoms with Gasteiger partial charge >= 0.3 is 19.8 Å². The molecule has 0 aliphatic heterocycles. The Bertz CT molecular complexity index is 1130. The molecule has 0 amide bonds. The Balaban J connectivity index is 0.000000248. The average molecular weight is 517 g/mol. The lowest BCUT2D eigenvalue weighted by Crippen LogP contribution is -2.30. The van der Waals surface area contributed by atoms with E-state index in [-0.39, 0.29) is 21.9 Å². The van der Waals surface area contributed by atoms with Crippen molar-refractivity contribution in [2.75, 3.05) is 0 Å². The molecule has 182 valence electrons. The monoisotopic (exact) mass is 516 g/mol. The van der Waals surface area contributed by atoms with E-state index in [0.29, 0.717) is 12.1 Å². The first-order valence-electron chi connectivity index (χ1n) is 8.59. The van der Waals surface area contributed by atoms with Crippen LogP contribution in [0.2, 0.25) is 5.15 Å². The van der Waals surface area contributed by atoms with Gasteiger partial charge in [0.25, 0.3) is 0 Å². The van der Waals surface area contributed by atoms with Gasteiger partial charge in [0.05, 0.1) is 5.69 Å². The van der Waals surface area contributed by atoms with Crippen molar-refractivity contribution in [1.29, 1.82) is 0 Å². The second-order valence-corrected chi connectivity index (χ2v) is 6.42. The number of alkyl halides is 6. The molecule has 0 spiro atoms. The van der Waals surface area contributed by atoms with Crippen LogP contribution in [-0.4, -0.2) is 39.9 Å². The molecule has 2 N–H and O–H groups in total. The second-order valence-electron chi connectivity index (χ2n) is 6.03. The van der Waals surface area contributed by atoms with Gasteiger partial charge in [-0.3, -0.25) is 0 Å². The van der Waals surface area contributed by atoms with Crippen LogP contribution in [0, 0.1) is 11.6 Å². The zero-order valence-corrected chi connectivity index (χ0v) is 17.0. The van der Waals surface area contributed by atoms with E-state index >= 15 is 0 Å². The van der Waals surface area contributed by atoms with E-state index < -0.39 is 43.0 Å². The van der Waals surface area contributed by atoms with Crippen molar-refractivity contribution in [2.24, 2.45) is 0 Å². The number of aromatic nitrogens is 2. The maximum atomic E-state index is 13.5. The van der Waals surface area contributed by atoms with Crippen LogP contribution < -0.4 is 14.9 Å². The van der Waals surface area contributed by atoms with E-state index in [9.17, 15) is 35.1 Å². The lowest BCUT2D eigenvalue weighted by molar-refractivity contribution is -0.276. The van der Waals surface area contributed by atoms with E-state index in [4.69, 9.17) is 21.6 Å². The molecule has 16 heteroatoms. The molecule has 0 fully saturated rings. The van der Waals surface area contributed by atoms with Gasteiger partial charge < -0.3 is 19.5 Å². The zero-order chi connectivity index (χ0) is 25.7. The minimum Gasteiger partial charge on any atom is -0.423 e. The number of hydrogen-bond acceptors (Lipinski definition) is 6. The quantitative estimate of drug-likeness (QED) is 0.307. The number of rotatable bonds is 4. The van der Waals surface area contributed by atoms with Crippen LogP contribution in [0.1, 0.15) is 0 Å². The topological polar surface area (TPSA) is 84.7 Å². The van der Waals surface area contributed by atoms with Crippen molar-refractivity contribution in [3.05, 3.63) is 65.6 Å². The molecule has 0 bridgehead atoms. The number of hydrogen-bond donors (Lipinski definition) is 2. The Labute approximate surface area is 190 Å². The van der Waals surface area contributed by atoms with Crippen LogP contribution in [0.5, 0.6) is 11.5 Å². The third-order valence-corrected chi connectivity index (χ3v) is 3.77. The summed E-state index contributed by atoms with van der Waals surface area (Å²) < 4.78 is 104. The highest BCUT2D eigenvalue weighted by molar-refractivity contribution is 6.58. The van der Waals surface area contributed by atoms with Gasteiger partial charge in [-0.2, -0.15) is 0 Å². The number of halogens is 9. The summed E-state index contributed by atoms with van der Waals surface area (Å²) in [5.74, 6) is -4.40. The maximum Gasteiger partial charge on any atom is 0.573 e. The predicted molar refractivity (Wildman–Crippen MR) is 102 cm³/mol. The molecule has 34 heavy (non-hydrogen) atoms. The molecule has 1 aromatic heterocycles. The Morgan fingerprint density at radius 2 is 1.29 bits per heavy atom. The second kappa shape index (κ2) is 10.8. The molecular weight excluding hydrogens is 506 g/mol. The molecule has 2 aromatic carbocycles. The summed E-state index contributed by atoms with van der Waals surface area (Å²) in [5.41, 5.74) is 0.288. The summed E-state index contributed by atoms with van der Waals surface area (Å²) in [6, 6.07) is 6.47. The summed E-state index contributed by atoms with van der Waals surface area (Å²) in [5, 5.41) is 17.3. The van der Waals surface area contributed by atoms with E-state index in [2.05, 4.69) is 19.4 Å². The van der Waals surface area contributed by atoms with Gasteiger partial charge in [0.15, 0.2) is 23.1 Å². The molecule has 0 unspecified atom stereocenters. The summed E-state index contributed by atoms with van der Waals surface area (Å²) in [6.07, 6.45) is -8.77. The Morgan fingerprint density at radius 1 is 0.765 bits per heavy atom. The summed E-state index contributed by atoms with van der Waals surface area (Å²) in [6.45, 7) is 0. The zero-order valence-electron chi connectivity index (χ0n) is 16.2.